The van der Waals surface area contributed by atoms with Gasteiger partial charge in [-0.2, -0.15) is 5.26 Å². The lowest BCUT2D eigenvalue weighted by atomic mass is 9.99. The molecule has 3 rings (SSSR count). The van der Waals surface area contributed by atoms with Crippen LogP contribution in [0.15, 0.2) is 29.2 Å². The highest BCUT2D eigenvalue weighted by atomic mass is 32.2. The number of likely N-dealkylation sites (N-methyl/N-ethyl adjacent to an activating group) is 1. The molecule has 170 valence electrons. The second-order valence-electron chi connectivity index (χ2n) is 7.77. The van der Waals surface area contributed by atoms with Crippen molar-refractivity contribution in [2.45, 2.75) is 24.4 Å². The van der Waals surface area contributed by atoms with Gasteiger partial charge in [0.25, 0.3) is 10.0 Å². The van der Waals surface area contributed by atoms with Gasteiger partial charge in [-0.15, -0.1) is 0 Å². The molecule has 1 aromatic carbocycles. The Morgan fingerprint density at radius 2 is 1.87 bits per heavy atom. The van der Waals surface area contributed by atoms with Crippen LogP contribution in [0.2, 0.25) is 0 Å². The second kappa shape index (κ2) is 10.1. The number of nitrogens with zero attached hydrogens (tertiary/aromatic N) is 3. The smallest absolute Gasteiger partial charge is 0.251 e. The Hall–Kier alpha value is -2.04. The fourth-order valence-corrected chi connectivity index (χ4v) is 4.72. The van der Waals surface area contributed by atoms with Gasteiger partial charge in [-0.25, -0.2) is 13.1 Å². The van der Waals surface area contributed by atoms with Crippen molar-refractivity contribution in [3.63, 3.8) is 0 Å². The average molecular weight is 453 g/mol. The SMILES string of the molecule is CN1CCN(c2ccc(/C=C(\C#N)S(=O)(=O)N[C@H]3CO[C@H](CO)[C@@H](O)[C@@H]3O)cc2)CC1. The van der Waals surface area contributed by atoms with Gasteiger partial charge in [-0.3, -0.25) is 0 Å². The van der Waals surface area contributed by atoms with E-state index in [4.69, 9.17) is 9.84 Å². The summed E-state index contributed by atoms with van der Waals surface area (Å²) in [6.07, 6.45) is -2.69. The van der Waals surface area contributed by atoms with Crippen LogP contribution in [0.25, 0.3) is 6.08 Å². The molecule has 0 aromatic heterocycles. The van der Waals surface area contributed by atoms with Crippen molar-refractivity contribution in [1.29, 1.82) is 5.26 Å². The number of anilines is 1. The maximum absolute atomic E-state index is 12.7. The molecular weight excluding hydrogens is 424 g/mol. The normalized spacial score (nSPS) is 28.4. The van der Waals surface area contributed by atoms with Crippen LogP contribution in [-0.2, 0) is 14.8 Å². The van der Waals surface area contributed by atoms with E-state index >= 15 is 0 Å². The minimum atomic E-state index is -4.27. The quantitative estimate of drug-likeness (QED) is 0.387. The molecule has 2 saturated heterocycles. The zero-order valence-corrected chi connectivity index (χ0v) is 18.1. The van der Waals surface area contributed by atoms with Crippen LogP contribution in [0.5, 0.6) is 0 Å². The van der Waals surface area contributed by atoms with E-state index in [-0.39, 0.29) is 6.61 Å². The van der Waals surface area contributed by atoms with Crippen molar-refractivity contribution < 1.29 is 28.5 Å². The first kappa shape index (κ1) is 23.6. The summed E-state index contributed by atoms with van der Waals surface area (Å²) in [5.74, 6) is 0. The second-order valence-corrected chi connectivity index (χ2v) is 9.45. The van der Waals surface area contributed by atoms with Crippen molar-refractivity contribution in [2.24, 2.45) is 0 Å². The molecule has 2 aliphatic heterocycles. The predicted molar refractivity (Wildman–Crippen MR) is 114 cm³/mol. The number of aliphatic hydroxyl groups is 3. The summed E-state index contributed by atoms with van der Waals surface area (Å²) < 4.78 is 32.7. The van der Waals surface area contributed by atoms with Crippen molar-refractivity contribution in [3.05, 3.63) is 34.7 Å². The molecule has 0 unspecified atom stereocenters. The number of aliphatic hydroxyl groups excluding tert-OH is 3. The molecule has 0 saturated carbocycles. The van der Waals surface area contributed by atoms with E-state index < -0.39 is 45.9 Å². The number of ether oxygens (including phenoxy) is 1. The summed E-state index contributed by atoms with van der Waals surface area (Å²) in [6.45, 7) is 2.99. The monoisotopic (exact) mass is 452 g/mol. The number of nitrogens with one attached hydrogen (secondary N) is 1. The molecule has 2 heterocycles. The largest absolute Gasteiger partial charge is 0.394 e. The van der Waals surface area contributed by atoms with Gasteiger partial charge in [0, 0.05) is 31.9 Å². The fraction of sp³-hybridized carbons (Fsp3) is 0.550. The van der Waals surface area contributed by atoms with E-state index in [0.29, 0.717) is 5.56 Å². The Bertz CT molecular complexity index is 922. The maximum atomic E-state index is 12.7. The van der Waals surface area contributed by atoms with Gasteiger partial charge >= 0.3 is 0 Å². The summed E-state index contributed by atoms with van der Waals surface area (Å²) in [5, 5.41) is 38.6. The molecule has 11 heteroatoms. The average Bonchev–Trinajstić information content (AvgIpc) is 2.76. The fourth-order valence-electron chi connectivity index (χ4n) is 3.58. The van der Waals surface area contributed by atoms with Crippen LogP contribution >= 0.6 is 0 Å². The first-order valence-electron chi connectivity index (χ1n) is 10.0. The lowest BCUT2D eigenvalue weighted by molar-refractivity contribution is -0.158. The molecule has 0 spiro atoms. The van der Waals surface area contributed by atoms with E-state index in [9.17, 15) is 23.9 Å². The summed E-state index contributed by atoms with van der Waals surface area (Å²) in [4.78, 5) is 3.97. The minimum Gasteiger partial charge on any atom is -0.394 e. The number of hydrogen-bond acceptors (Lipinski definition) is 9. The predicted octanol–water partition coefficient (Wildman–Crippen LogP) is -1.30. The van der Waals surface area contributed by atoms with Gasteiger partial charge < -0.3 is 29.9 Å². The molecular formula is C20H28N4O6S. The Morgan fingerprint density at radius 1 is 1.23 bits per heavy atom. The van der Waals surface area contributed by atoms with Crippen molar-refractivity contribution in [3.8, 4) is 6.07 Å². The topological polar surface area (TPSA) is 146 Å². The summed E-state index contributed by atoms with van der Waals surface area (Å²) >= 11 is 0. The van der Waals surface area contributed by atoms with Crippen molar-refractivity contribution in [2.75, 3.05) is 51.3 Å². The Labute approximate surface area is 182 Å². The first-order valence-corrected chi connectivity index (χ1v) is 11.5. The molecule has 31 heavy (non-hydrogen) atoms. The number of piperazine rings is 1. The minimum absolute atomic E-state index is 0.249. The number of rotatable bonds is 6. The molecule has 1 aromatic rings. The molecule has 10 nitrogen and oxygen atoms in total. The van der Waals surface area contributed by atoms with E-state index in [1.54, 1.807) is 18.2 Å². The summed E-state index contributed by atoms with van der Waals surface area (Å²) in [6, 6.07) is 7.79. The van der Waals surface area contributed by atoms with E-state index in [1.165, 1.54) is 6.08 Å². The molecule has 0 bridgehead atoms. The van der Waals surface area contributed by atoms with Gasteiger partial charge in [0.15, 0.2) is 4.91 Å². The van der Waals surface area contributed by atoms with Crippen LogP contribution < -0.4 is 9.62 Å². The molecule has 4 atom stereocenters. The third-order valence-electron chi connectivity index (χ3n) is 5.58. The van der Waals surface area contributed by atoms with E-state index in [2.05, 4.69) is 21.6 Å². The lowest BCUT2D eigenvalue weighted by Crippen LogP contribution is -2.59. The number of hydrogen-bond donors (Lipinski definition) is 4. The molecule has 2 aliphatic rings. The van der Waals surface area contributed by atoms with Crippen LogP contribution in [0.1, 0.15) is 5.56 Å². The van der Waals surface area contributed by atoms with Gasteiger partial charge in [0.1, 0.15) is 24.4 Å². The highest BCUT2D eigenvalue weighted by molar-refractivity contribution is 7.93. The van der Waals surface area contributed by atoms with Gasteiger partial charge in [0.05, 0.1) is 19.3 Å². The molecule has 0 amide bonds. The third-order valence-corrected chi connectivity index (χ3v) is 6.98. The highest BCUT2D eigenvalue weighted by Gasteiger charge is 2.40. The van der Waals surface area contributed by atoms with Gasteiger partial charge in [-0.05, 0) is 30.8 Å². The molecule has 4 N–H and O–H groups in total. The van der Waals surface area contributed by atoms with Crippen molar-refractivity contribution in [1.82, 2.24) is 9.62 Å². The zero-order chi connectivity index (χ0) is 22.6. The van der Waals surface area contributed by atoms with Gasteiger partial charge in [-0.1, -0.05) is 12.1 Å². The third kappa shape index (κ3) is 5.61. The van der Waals surface area contributed by atoms with Crippen LogP contribution in [0.3, 0.4) is 0 Å². The Kier molecular flexibility index (Phi) is 7.66. The number of sulfonamides is 1. The summed E-state index contributed by atoms with van der Waals surface area (Å²) in [7, 11) is -2.19. The van der Waals surface area contributed by atoms with E-state index in [0.717, 1.165) is 31.9 Å². The molecule has 0 radical (unpaired) electrons. The number of nitriles is 1. The van der Waals surface area contributed by atoms with E-state index in [1.807, 2.05) is 12.1 Å². The number of allylic oxidation sites excluding steroid dienone is 1. The van der Waals surface area contributed by atoms with Crippen LogP contribution in [0, 0.1) is 11.3 Å². The Morgan fingerprint density at radius 3 is 2.45 bits per heavy atom. The maximum Gasteiger partial charge on any atom is 0.251 e. The summed E-state index contributed by atoms with van der Waals surface area (Å²) in [5.41, 5.74) is 1.57. The molecule has 2 fully saturated rings. The molecule has 0 aliphatic carbocycles. The van der Waals surface area contributed by atoms with Gasteiger partial charge in [0.2, 0.25) is 0 Å². The Balaban J connectivity index is 1.71. The first-order chi connectivity index (χ1) is 14.7. The van der Waals surface area contributed by atoms with Crippen LogP contribution in [-0.4, -0.2) is 99.4 Å². The standard InChI is InChI=1S/C20H28N4O6S/c1-23-6-8-24(9-7-23)15-4-2-14(3-5-15)10-16(11-21)31(28,29)22-17-13-30-18(12-25)20(27)19(17)26/h2-5,10,17-20,22,25-27H,6-9,12-13H2,1H3/b16-10+/t17-,18+,19+,20+/m0/s1. The number of benzene rings is 1. The zero-order valence-electron chi connectivity index (χ0n) is 17.3. The lowest BCUT2D eigenvalue weighted by Gasteiger charge is -2.36. The van der Waals surface area contributed by atoms with Crippen molar-refractivity contribution >= 4 is 21.8 Å². The van der Waals surface area contributed by atoms with Crippen LogP contribution in [0.4, 0.5) is 5.69 Å². The highest BCUT2D eigenvalue weighted by Crippen LogP contribution is 2.21.